The van der Waals surface area contributed by atoms with Crippen LogP contribution in [-0.2, 0) is 9.53 Å². The summed E-state index contributed by atoms with van der Waals surface area (Å²) < 4.78 is 5.75. The van der Waals surface area contributed by atoms with E-state index < -0.39 is 0 Å². The zero-order valence-electron chi connectivity index (χ0n) is 13.8. The largest absolute Gasteiger partial charge is 0.468 e. The van der Waals surface area contributed by atoms with Gasteiger partial charge in [0.1, 0.15) is 10.8 Å². The molecule has 2 heterocycles. The van der Waals surface area contributed by atoms with E-state index in [1.54, 1.807) is 12.4 Å². The zero-order chi connectivity index (χ0) is 17.6. The van der Waals surface area contributed by atoms with Crippen LogP contribution in [-0.4, -0.2) is 47.9 Å². The van der Waals surface area contributed by atoms with E-state index in [-0.39, 0.29) is 11.7 Å². The van der Waals surface area contributed by atoms with Crippen molar-refractivity contribution in [1.82, 2.24) is 9.97 Å². The normalized spacial score (nSPS) is 16.7. The van der Waals surface area contributed by atoms with Gasteiger partial charge in [-0.1, -0.05) is 23.9 Å². The van der Waals surface area contributed by atoms with Crippen molar-refractivity contribution in [2.45, 2.75) is 17.5 Å². The van der Waals surface area contributed by atoms with Gasteiger partial charge in [-0.3, -0.25) is 9.78 Å². The summed E-state index contributed by atoms with van der Waals surface area (Å²) in [5, 5.41) is 4.15. The number of ether oxygens (including phenoxy) is 1. The van der Waals surface area contributed by atoms with Gasteiger partial charge < -0.3 is 15.0 Å². The molecule has 1 unspecified atom stereocenters. The first kappa shape index (κ1) is 18.0. The first-order chi connectivity index (χ1) is 12.2. The first-order valence-electron chi connectivity index (χ1n) is 7.93. The van der Waals surface area contributed by atoms with Crippen LogP contribution in [0.3, 0.4) is 0 Å². The Labute approximate surface area is 159 Å². The third-order valence-electron chi connectivity index (χ3n) is 3.91. The lowest BCUT2D eigenvalue weighted by atomic mass is 10.2. The third kappa shape index (κ3) is 4.85. The van der Waals surface area contributed by atoms with Gasteiger partial charge in [-0.15, -0.1) is 0 Å². The molecular weight excluding hydrogens is 404 g/mol. The number of nitrogens with zero attached hydrogens (tertiary/aromatic N) is 3. The van der Waals surface area contributed by atoms with Gasteiger partial charge in [0.25, 0.3) is 0 Å². The molecule has 1 aliphatic heterocycles. The summed E-state index contributed by atoms with van der Waals surface area (Å²) in [5.74, 6) is 0.687. The molecule has 132 valence electrons. The fraction of sp³-hybridized carbons (Fsp3) is 0.353. The molecule has 1 saturated heterocycles. The van der Waals surface area contributed by atoms with E-state index in [4.69, 9.17) is 0 Å². The Morgan fingerprint density at radius 2 is 2.28 bits per heavy atom. The fourth-order valence-electron chi connectivity index (χ4n) is 2.69. The monoisotopic (exact) mass is 422 g/mol. The van der Waals surface area contributed by atoms with E-state index in [0.717, 1.165) is 29.8 Å². The van der Waals surface area contributed by atoms with E-state index in [2.05, 4.69) is 53.0 Å². The molecule has 6 nitrogen and oxygen atoms in total. The topological polar surface area (TPSA) is 67.3 Å². The predicted octanol–water partition coefficient (Wildman–Crippen LogP) is 3.20. The standard InChI is InChI=1S/C17H19BrN4O2S/c1-24-17(23)11-25-16-9-19-8-15(21-16)20-12-6-7-22(10-12)14-5-3-2-4-13(14)18/h2-5,8-9,12H,6-7,10-11H2,1H3,(H,20,21). The van der Waals surface area contributed by atoms with Gasteiger partial charge in [-0.25, -0.2) is 4.98 Å². The van der Waals surface area contributed by atoms with Crippen LogP contribution in [0.15, 0.2) is 46.2 Å². The summed E-state index contributed by atoms with van der Waals surface area (Å²) >= 11 is 4.93. The number of benzene rings is 1. The van der Waals surface area contributed by atoms with Crippen molar-refractivity contribution in [3.8, 4) is 0 Å². The molecule has 0 aliphatic carbocycles. The van der Waals surface area contributed by atoms with E-state index in [1.165, 1.54) is 24.6 Å². The number of carbonyl (C=O) groups excluding carboxylic acids is 1. The molecular formula is C17H19BrN4O2S. The highest BCUT2D eigenvalue weighted by atomic mass is 79.9. The van der Waals surface area contributed by atoms with Crippen molar-refractivity contribution in [2.24, 2.45) is 0 Å². The van der Waals surface area contributed by atoms with Crippen LogP contribution in [0, 0.1) is 0 Å². The van der Waals surface area contributed by atoms with Gasteiger partial charge in [-0.2, -0.15) is 0 Å². The average molecular weight is 423 g/mol. The average Bonchev–Trinajstić information content (AvgIpc) is 3.08. The maximum atomic E-state index is 11.2. The number of carbonyl (C=O) groups is 1. The molecule has 0 bridgehead atoms. The number of halogens is 1. The number of aromatic nitrogens is 2. The highest BCUT2D eigenvalue weighted by Gasteiger charge is 2.24. The highest BCUT2D eigenvalue weighted by molar-refractivity contribution is 9.10. The summed E-state index contributed by atoms with van der Waals surface area (Å²) in [4.78, 5) is 22.3. The Morgan fingerprint density at radius 3 is 3.08 bits per heavy atom. The van der Waals surface area contributed by atoms with Crippen molar-refractivity contribution < 1.29 is 9.53 Å². The van der Waals surface area contributed by atoms with Gasteiger partial charge >= 0.3 is 5.97 Å². The second-order valence-electron chi connectivity index (χ2n) is 5.63. The van der Waals surface area contributed by atoms with E-state index in [1.807, 2.05) is 12.1 Å². The summed E-state index contributed by atoms with van der Waals surface area (Å²) in [6.07, 6.45) is 4.40. The molecule has 1 fully saturated rings. The van der Waals surface area contributed by atoms with Crippen molar-refractivity contribution >= 4 is 45.2 Å². The molecule has 25 heavy (non-hydrogen) atoms. The second-order valence-corrected chi connectivity index (χ2v) is 7.48. The molecule has 1 aromatic heterocycles. The van der Waals surface area contributed by atoms with Crippen molar-refractivity contribution in [2.75, 3.05) is 36.2 Å². The minimum absolute atomic E-state index is 0.230. The number of thioether (sulfide) groups is 1. The van der Waals surface area contributed by atoms with Crippen LogP contribution in [0.2, 0.25) is 0 Å². The number of hydrogen-bond donors (Lipinski definition) is 1. The number of para-hydroxylation sites is 1. The summed E-state index contributed by atoms with van der Waals surface area (Å²) in [6, 6.07) is 8.56. The van der Waals surface area contributed by atoms with Crippen LogP contribution in [0.5, 0.6) is 0 Å². The maximum Gasteiger partial charge on any atom is 0.316 e. The molecule has 0 amide bonds. The minimum Gasteiger partial charge on any atom is -0.468 e. The second kappa shape index (κ2) is 8.53. The van der Waals surface area contributed by atoms with E-state index in [0.29, 0.717) is 11.1 Å². The van der Waals surface area contributed by atoms with Crippen molar-refractivity contribution in [3.05, 3.63) is 41.1 Å². The molecule has 2 aromatic rings. The van der Waals surface area contributed by atoms with Gasteiger partial charge in [0.2, 0.25) is 0 Å². The molecule has 1 aliphatic rings. The Balaban J connectivity index is 1.58. The lowest BCUT2D eigenvalue weighted by Crippen LogP contribution is -2.26. The molecule has 0 saturated carbocycles. The van der Waals surface area contributed by atoms with E-state index in [9.17, 15) is 4.79 Å². The predicted molar refractivity (Wildman–Crippen MR) is 103 cm³/mol. The van der Waals surface area contributed by atoms with E-state index >= 15 is 0 Å². The van der Waals surface area contributed by atoms with Gasteiger partial charge in [-0.05, 0) is 34.5 Å². The van der Waals surface area contributed by atoms with Gasteiger partial charge in [0, 0.05) is 23.6 Å². The number of anilines is 2. The fourth-order valence-corrected chi connectivity index (χ4v) is 3.91. The quantitative estimate of drug-likeness (QED) is 0.566. The zero-order valence-corrected chi connectivity index (χ0v) is 16.2. The van der Waals surface area contributed by atoms with Crippen LogP contribution in [0.4, 0.5) is 11.5 Å². The smallest absolute Gasteiger partial charge is 0.316 e. The van der Waals surface area contributed by atoms with Crippen LogP contribution in [0.1, 0.15) is 6.42 Å². The van der Waals surface area contributed by atoms with Crippen LogP contribution >= 0.6 is 27.7 Å². The highest BCUT2D eigenvalue weighted by Crippen LogP contribution is 2.29. The number of hydrogen-bond acceptors (Lipinski definition) is 7. The lowest BCUT2D eigenvalue weighted by Gasteiger charge is -2.20. The first-order valence-corrected chi connectivity index (χ1v) is 9.71. The molecule has 0 radical (unpaired) electrons. The van der Waals surface area contributed by atoms with Gasteiger partial charge in [0.05, 0.1) is 30.9 Å². The minimum atomic E-state index is -0.273. The van der Waals surface area contributed by atoms with Crippen LogP contribution in [0.25, 0.3) is 0 Å². The number of nitrogens with one attached hydrogen (secondary N) is 1. The summed E-state index contributed by atoms with van der Waals surface area (Å²) in [7, 11) is 1.38. The van der Waals surface area contributed by atoms with Gasteiger partial charge in [0.15, 0.2) is 0 Å². The van der Waals surface area contributed by atoms with Crippen molar-refractivity contribution in [3.63, 3.8) is 0 Å². The molecule has 3 rings (SSSR count). The summed E-state index contributed by atoms with van der Waals surface area (Å²) in [5.41, 5.74) is 1.21. The Hall–Kier alpha value is -1.80. The number of methoxy groups -OCH3 is 1. The Bertz CT molecular complexity index is 746. The molecule has 0 spiro atoms. The maximum absolute atomic E-state index is 11.2. The van der Waals surface area contributed by atoms with Crippen LogP contribution < -0.4 is 10.2 Å². The third-order valence-corrected chi connectivity index (χ3v) is 5.45. The Kier molecular flexibility index (Phi) is 6.14. The molecule has 1 atom stereocenters. The SMILES string of the molecule is COC(=O)CSc1cncc(NC2CCN(c3ccccc3Br)C2)n1. The number of esters is 1. The Morgan fingerprint density at radius 1 is 1.44 bits per heavy atom. The molecule has 1 N–H and O–H groups in total. The number of rotatable bonds is 6. The molecule has 1 aromatic carbocycles. The lowest BCUT2D eigenvalue weighted by molar-refractivity contribution is -0.137. The van der Waals surface area contributed by atoms with Crippen molar-refractivity contribution in [1.29, 1.82) is 0 Å². The summed E-state index contributed by atoms with van der Waals surface area (Å²) in [6.45, 7) is 1.90. The molecule has 8 heteroatoms.